The highest BCUT2D eigenvalue weighted by Crippen LogP contribution is 2.07. The van der Waals surface area contributed by atoms with Crippen LogP contribution in [-0.4, -0.2) is 12.5 Å². The van der Waals surface area contributed by atoms with Crippen LogP contribution < -0.4 is 0 Å². The third kappa shape index (κ3) is 2.91. The topological polar surface area (TPSA) is 19.9 Å². The molecule has 0 spiro atoms. The Morgan fingerprint density at radius 1 is 1.50 bits per heavy atom. The van der Waals surface area contributed by atoms with Crippen molar-refractivity contribution in [1.82, 2.24) is 0 Å². The summed E-state index contributed by atoms with van der Waals surface area (Å²) in [4.78, 5) is 0. The highest BCUT2D eigenvalue weighted by atomic mass is 19.2. The summed E-state index contributed by atoms with van der Waals surface area (Å²) in [5, 5.41) is 9.58. The molecule has 0 saturated heterocycles. The van der Waals surface area contributed by atoms with E-state index in [-0.39, 0.29) is 6.42 Å². The molecule has 1 nitrogen and oxygen atoms in total. The van der Waals surface area contributed by atoms with E-state index in [4.69, 9.17) is 0 Å². The molecule has 0 aromatic rings. The smallest absolute Gasteiger partial charge is 0.241 e. The molecule has 1 radical (unpaired) electrons. The minimum Gasteiger partial charge on any atom is -0.241 e. The van der Waals surface area contributed by atoms with Crippen molar-refractivity contribution >= 4 is 0 Å². The van der Waals surface area contributed by atoms with Gasteiger partial charge in [-0.15, -0.1) is 0 Å². The van der Waals surface area contributed by atoms with Crippen molar-refractivity contribution in [3.05, 3.63) is 0 Å². The zero-order chi connectivity index (χ0) is 6.57. The predicted molar refractivity (Wildman–Crippen MR) is 25.4 cm³/mol. The zero-order valence-electron chi connectivity index (χ0n) is 4.73. The van der Waals surface area contributed by atoms with Gasteiger partial charge in [0.25, 0.3) is 6.36 Å². The maximum atomic E-state index is 11.8. The van der Waals surface area contributed by atoms with Gasteiger partial charge >= 0.3 is 0 Å². The standard InChI is InChI=1S/C5H9F2O/c1-2-3-4(6)5(7)8/h4-5H,2-3H2,1H3. The third-order valence-electron chi connectivity index (χ3n) is 0.849. The second kappa shape index (κ2) is 3.78. The molecule has 2 unspecified atom stereocenters. The summed E-state index contributed by atoms with van der Waals surface area (Å²) in [7, 11) is 0. The summed E-state index contributed by atoms with van der Waals surface area (Å²) in [6.07, 6.45) is -3.80. The van der Waals surface area contributed by atoms with Gasteiger partial charge in [0.05, 0.1) is 0 Å². The third-order valence-corrected chi connectivity index (χ3v) is 0.849. The Kier molecular flexibility index (Phi) is 3.69. The van der Waals surface area contributed by atoms with E-state index >= 15 is 0 Å². The Hall–Kier alpha value is -0.180. The number of alkyl halides is 2. The van der Waals surface area contributed by atoms with Crippen LogP contribution in [0, 0.1) is 0 Å². The van der Waals surface area contributed by atoms with Crippen molar-refractivity contribution in [2.45, 2.75) is 32.3 Å². The molecule has 0 bridgehead atoms. The molecule has 2 atom stereocenters. The molecule has 3 heteroatoms. The van der Waals surface area contributed by atoms with Crippen LogP contribution in [0.1, 0.15) is 19.8 Å². The quantitative estimate of drug-likeness (QED) is 0.545. The van der Waals surface area contributed by atoms with E-state index in [2.05, 4.69) is 0 Å². The lowest BCUT2D eigenvalue weighted by Gasteiger charge is -2.02. The Balaban J connectivity index is 3.17. The monoisotopic (exact) mass is 123 g/mol. The summed E-state index contributed by atoms with van der Waals surface area (Å²) >= 11 is 0. The summed E-state index contributed by atoms with van der Waals surface area (Å²) in [6, 6.07) is 0. The average Bonchev–Trinajstić information content (AvgIpc) is 1.67. The fraction of sp³-hybridized carbons (Fsp3) is 1.00. The van der Waals surface area contributed by atoms with Crippen LogP contribution in [0.4, 0.5) is 8.78 Å². The second-order valence-corrected chi connectivity index (χ2v) is 1.66. The zero-order valence-corrected chi connectivity index (χ0v) is 4.73. The minimum absolute atomic E-state index is 0.0324. The first-order chi connectivity index (χ1) is 3.68. The Morgan fingerprint density at radius 2 is 2.00 bits per heavy atom. The number of hydrogen-bond donors (Lipinski definition) is 0. The van der Waals surface area contributed by atoms with Crippen LogP contribution in [0.15, 0.2) is 0 Å². The highest BCUT2D eigenvalue weighted by molar-refractivity contribution is 4.54. The van der Waals surface area contributed by atoms with Crippen molar-refractivity contribution in [3.63, 3.8) is 0 Å². The van der Waals surface area contributed by atoms with E-state index in [1.807, 2.05) is 0 Å². The lowest BCUT2D eigenvalue weighted by molar-refractivity contribution is -0.0797. The SMILES string of the molecule is CCCC(F)C([O])F. The molecule has 0 aliphatic carbocycles. The van der Waals surface area contributed by atoms with E-state index < -0.39 is 12.5 Å². The second-order valence-electron chi connectivity index (χ2n) is 1.66. The molecule has 0 aliphatic rings. The van der Waals surface area contributed by atoms with E-state index in [9.17, 15) is 13.9 Å². The molecular formula is C5H9F2O. The molecule has 49 valence electrons. The molecule has 0 rings (SSSR count). The first-order valence-electron chi connectivity index (χ1n) is 2.62. The van der Waals surface area contributed by atoms with Crippen molar-refractivity contribution in [2.75, 3.05) is 0 Å². The molecule has 8 heavy (non-hydrogen) atoms. The van der Waals surface area contributed by atoms with Gasteiger partial charge in [-0.1, -0.05) is 13.3 Å². The van der Waals surface area contributed by atoms with Gasteiger partial charge in [-0.05, 0) is 6.42 Å². The fourth-order valence-corrected chi connectivity index (χ4v) is 0.407. The van der Waals surface area contributed by atoms with Crippen LogP contribution in [0.5, 0.6) is 0 Å². The molecule has 0 fully saturated rings. The van der Waals surface area contributed by atoms with Gasteiger partial charge in [0.1, 0.15) is 0 Å². The molecule has 0 aromatic carbocycles. The predicted octanol–water partition coefficient (Wildman–Crippen LogP) is 1.85. The van der Waals surface area contributed by atoms with Crippen molar-refractivity contribution in [2.24, 2.45) is 0 Å². The van der Waals surface area contributed by atoms with Gasteiger partial charge in [0.2, 0.25) is 0 Å². The van der Waals surface area contributed by atoms with Crippen molar-refractivity contribution < 1.29 is 13.9 Å². The van der Waals surface area contributed by atoms with Gasteiger partial charge in [-0.2, -0.15) is 5.11 Å². The van der Waals surface area contributed by atoms with Crippen molar-refractivity contribution in [1.29, 1.82) is 0 Å². The van der Waals surface area contributed by atoms with Gasteiger partial charge in [-0.25, -0.2) is 8.78 Å². The largest absolute Gasteiger partial charge is 0.262 e. The van der Waals surface area contributed by atoms with Gasteiger partial charge in [0, 0.05) is 0 Å². The van der Waals surface area contributed by atoms with E-state index in [1.165, 1.54) is 0 Å². The Morgan fingerprint density at radius 3 is 2.12 bits per heavy atom. The first kappa shape index (κ1) is 7.82. The lowest BCUT2D eigenvalue weighted by Crippen LogP contribution is -2.13. The normalized spacial score (nSPS) is 18.0. The van der Waals surface area contributed by atoms with Crippen LogP contribution in [0.3, 0.4) is 0 Å². The maximum absolute atomic E-state index is 11.8. The highest BCUT2D eigenvalue weighted by Gasteiger charge is 2.16. The van der Waals surface area contributed by atoms with Crippen molar-refractivity contribution in [3.8, 4) is 0 Å². The Bertz CT molecular complexity index is 56.4. The minimum atomic E-state index is -2.55. The van der Waals surface area contributed by atoms with Gasteiger partial charge < -0.3 is 0 Å². The molecule has 0 amide bonds. The summed E-state index contributed by atoms with van der Waals surface area (Å²) in [5.41, 5.74) is 0. The fourth-order valence-electron chi connectivity index (χ4n) is 0.407. The molecule has 0 saturated carbocycles. The summed E-state index contributed by atoms with van der Waals surface area (Å²) in [6.45, 7) is 1.70. The van der Waals surface area contributed by atoms with E-state index in [1.54, 1.807) is 6.92 Å². The molecule has 0 heterocycles. The number of hydrogen-bond acceptors (Lipinski definition) is 0. The molecule has 0 N–H and O–H groups in total. The van der Waals surface area contributed by atoms with Crippen LogP contribution in [-0.2, 0) is 5.11 Å². The molecule has 0 aromatic heterocycles. The first-order valence-corrected chi connectivity index (χ1v) is 2.62. The summed E-state index contributed by atoms with van der Waals surface area (Å²) < 4.78 is 23.2. The molecular weight excluding hydrogens is 114 g/mol. The van der Waals surface area contributed by atoms with Gasteiger partial charge in [0.15, 0.2) is 6.17 Å². The van der Waals surface area contributed by atoms with Gasteiger partial charge in [-0.3, -0.25) is 0 Å². The van der Waals surface area contributed by atoms with E-state index in [0.717, 1.165) is 0 Å². The Labute approximate surface area is 47.3 Å². The van der Waals surface area contributed by atoms with Crippen LogP contribution in [0.25, 0.3) is 0 Å². The average molecular weight is 123 g/mol. The summed E-state index contributed by atoms with van der Waals surface area (Å²) in [5.74, 6) is 0. The number of halogens is 2. The van der Waals surface area contributed by atoms with Crippen LogP contribution >= 0.6 is 0 Å². The lowest BCUT2D eigenvalue weighted by atomic mass is 10.2. The molecule has 0 aliphatic heterocycles. The van der Waals surface area contributed by atoms with E-state index in [0.29, 0.717) is 6.42 Å². The maximum Gasteiger partial charge on any atom is 0.262 e. The number of rotatable bonds is 3. The van der Waals surface area contributed by atoms with Crippen LogP contribution in [0.2, 0.25) is 0 Å².